The molecule has 0 saturated heterocycles. The maximum absolute atomic E-state index is 10.5. The first-order chi connectivity index (χ1) is 9.95. The molecule has 3 atom stereocenters. The Morgan fingerprint density at radius 3 is 2.62 bits per heavy atom. The average Bonchev–Trinajstić information content (AvgIpc) is 3.11. The lowest BCUT2D eigenvalue weighted by Crippen LogP contribution is -2.15. The summed E-state index contributed by atoms with van der Waals surface area (Å²) in [5.74, 6) is 0.928. The molecular formula is C18H23NOS. The van der Waals surface area contributed by atoms with Crippen LogP contribution in [0.2, 0.25) is 0 Å². The van der Waals surface area contributed by atoms with Crippen LogP contribution in [0.3, 0.4) is 0 Å². The molecule has 0 bridgehead atoms. The van der Waals surface area contributed by atoms with Gasteiger partial charge in [-0.25, -0.2) is 4.98 Å². The lowest BCUT2D eigenvalue weighted by Gasteiger charge is -2.14. The van der Waals surface area contributed by atoms with Crippen molar-refractivity contribution in [3.63, 3.8) is 0 Å². The smallest absolute Gasteiger partial charge is 0.0954 e. The molecule has 0 aliphatic heterocycles. The van der Waals surface area contributed by atoms with Crippen molar-refractivity contribution in [1.29, 1.82) is 0 Å². The Bertz CT molecular complexity index is 599. The maximum atomic E-state index is 10.5. The second-order valence-electron chi connectivity index (χ2n) is 7.06. The minimum atomic E-state index is -0.269. The van der Waals surface area contributed by atoms with E-state index in [1.54, 1.807) is 11.3 Å². The first-order valence-electron chi connectivity index (χ1n) is 7.63. The Morgan fingerprint density at radius 1 is 1.29 bits per heavy atom. The predicted octanol–water partition coefficient (Wildman–Crippen LogP) is 4.15. The minimum absolute atomic E-state index is 0.0891. The van der Waals surface area contributed by atoms with Crippen LogP contribution >= 0.6 is 11.3 Å². The number of benzene rings is 1. The highest BCUT2D eigenvalue weighted by Gasteiger charge is 2.43. The number of aliphatic hydroxyl groups excluding tert-OH is 1. The van der Waals surface area contributed by atoms with E-state index in [1.807, 2.05) is 6.07 Å². The normalized spacial score (nSPS) is 23.0. The fourth-order valence-corrected chi connectivity index (χ4v) is 3.87. The van der Waals surface area contributed by atoms with Gasteiger partial charge in [-0.05, 0) is 23.8 Å². The van der Waals surface area contributed by atoms with E-state index in [2.05, 4.69) is 55.4 Å². The highest BCUT2D eigenvalue weighted by molar-refractivity contribution is 7.09. The van der Waals surface area contributed by atoms with E-state index in [0.717, 1.165) is 17.1 Å². The van der Waals surface area contributed by atoms with Crippen LogP contribution in [-0.2, 0) is 11.8 Å². The summed E-state index contributed by atoms with van der Waals surface area (Å²) in [4.78, 5) is 4.69. The first kappa shape index (κ1) is 14.7. The van der Waals surface area contributed by atoms with Gasteiger partial charge in [-0.2, -0.15) is 0 Å². The number of hydrogen-bond acceptors (Lipinski definition) is 3. The van der Waals surface area contributed by atoms with Crippen molar-refractivity contribution in [3.8, 4) is 0 Å². The zero-order valence-electron chi connectivity index (χ0n) is 12.9. The van der Waals surface area contributed by atoms with Crippen LogP contribution in [0.15, 0.2) is 35.7 Å². The quantitative estimate of drug-likeness (QED) is 0.920. The molecule has 1 heterocycles. The molecule has 112 valence electrons. The standard InChI is InChI=1S/C18H23NOS/c1-18(2,3)16-11-21-17(19-16)10-15(20)14-9-13(14)12-7-5-4-6-8-12/h4-8,11,13-15,20H,9-10H2,1-3H3. The predicted molar refractivity (Wildman–Crippen MR) is 87.8 cm³/mol. The summed E-state index contributed by atoms with van der Waals surface area (Å²) in [6.07, 6.45) is 1.52. The van der Waals surface area contributed by atoms with E-state index in [0.29, 0.717) is 18.3 Å². The Morgan fingerprint density at radius 2 is 2.00 bits per heavy atom. The zero-order chi connectivity index (χ0) is 15.0. The van der Waals surface area contributed by atoms with Crippen molar-refractivity contribution in [2.24, 2.45) is 5.92 Å². The lowest BCUT2D eigenvalue weighted by atomic mass is 9.93. The summed E-state index contributed by atoms with van der Waals surface area (Å²) in [6, 6.07) is 10.5. The molecule has 1 aromatic heterocycles. The highest BCUT2D eigenvalue weighted by Crippen LogP contribution is 2.50. The second-order valence-corrected chi connectivity index (χ2v) is 8.01. The van der Waals surface area contributed by atoms with Crippen molar-refractivity contribution in [2.75, 3.05) is 0 Å². The van der Waals surface area contributed by atoms with E-state index in [4.69, 9.17) is 0 Å². The van der Waals surface area contributed by atoms with Gasteiger partial charge in [0.15, 0.2) is 0 Å². The van der Waals surface area contributed by atoms with Gasteiger partial charge >= 0.3 is 0 Å². The van der Waals surface area contributed by atoms with Crippen LogP contribution in [0.4, 0.5) is 0 Å². The number of hydrogen-bond donors (Lipinski definition) is 1. The number of aliphatic hydroxyl groups is 1. The zero-order valence-corrected chi connectivity index (χ0v) is 13.7. The van der Waals surface area contributed by atoms with E-state index in [-0.39, 0.29) is 11.5 Å². The van der Waals surface area contributed by atoms with E-state index in [9.17, 15) is 5.11 Å². The fraction of sp³-hybridized carbons (Fsp3) is 0.500. The van der Waals surface area contributed by atoms with Crippen LogP contribution in [-0.4, -0.2) is 16.2 Å². The summed E-state index contributed by atoms with van der Waals surface area (Å²) in [7, 11) is 0. The maximum Gasteiger partial charge on any atom is 0.0954 e. The molecule has 2 nitrogen and oxygen atoms in total. The molecule has 0 radical (unpaired) electrons. The number of thiazole rings is 1. The van der Waals surface area contributed by atoms with Crippen molar-refractivity contribution >= 4 is 11.3 Å². The topological polar surface area (TPSA) is 33.1 Å². The molecule has 1 aromatic carbocycles. The lowest BCUT2D eigenvalue weighted by molar-refractivity contribution is 0.149. The monoisotopic (exact) mass is 301 g/mol. The summed E-state index contributed by atoms with van der Waals surface area (Å²) in [5, 5.41) is 13.6. The molecule has 1 fully saturated rings. The minimum Gasteiger partial charge on any atom is -0.392 e. The van der Waals surface area contributed by atoms with E-state index < -0.39 is 0 Å². The number of nitrogens with zero attached hydrogens (tertiary/aromatic N) is 1. The number of rotatable bonds is 4. The van der Waals surface area contributed by atoms with Gasteiger partial charge in [0.2, 0.25) is 0 Å². The molecule has 1 aliphatic carbocycles. The van der Waals surface area contributed by atoms with Crippen molar-refractivity contribution in [3.05, 3.63) is 52.0 Å². The first-order valence-corrected chi connectivity index (χ1v) is 8.51. The van der Waals surface area contributed by atoms with Gasteiger partial charge in [0.25, 0.3) is 0 Å². The summed E-state index contributed by atoms with van der Waals surface area (Å²) in [6.45, 7) is 6.53. The van der Waals surface area contributed by atoms with Crippen LogP contribution in [0.1, 0.15) is 49.4 Å². The van der Waals surface area contributed by atoms with Gasteiger partial charge < -0.3 is 5.11 Å². The molecule has 1 aliphatic rings. The van der Waals surface area contributed by atoms with Gasteiger partial charge in [0, 0.05) is 17.2 Å². The second kappa shape index (κ2) is 5.54. The molecule has 2 aromatic rings. The Balaban J connectivity index is 1.61. The molecule has 0 amide bonds. The molecule has 21 heavy (non-hydrogen) atoms. The van der Waals surface area contributed by atoms with Gasteiger partial charge in [-0.15, -0.1) is 11.3 Å². The van der Waals surface area contributed by atoms with Gasteiger partial charge in [0.05, 0.1) is 16.8 Å². The average molecular weight is 301 g/mol. The van der Waals surface area contributed by atoms with Crippen LogP contribution in [0, 0.1) is 5.92 Å². The highest BCUT2D eigenvalue weighted by atomic mass is 32.1. The van der Waals surface area contributed by atoms with Crippen molar-refractivity contribution in [1.82, 2.24) is 4.98 Å². The summed E-state index contributed by atoms with van der Waals surface area (Å²) < 4.78 is 0. The van der Waals surface area contributed by atoms with E-state index in [1.165, 1.54) is 5.56 Å². The van der Waals surface area contributed by atoms with Gasteiger partial charge in [0.1, 0.15) is 0 Å². The SMILES string of the molecule is CC(C)(C)c1csc(CC(O)C2CC2c2ccccc2)n1. The number of aromatic nitrogens is 1. The third-order valence-corrected chi connectivity index (χ3v) is 5.14. The largest absolute Gasteiger partial charge is 0.392 e. The Kier molecular flexibility index (Phi) is 3.89. The van der Waals surface area contributed by atoms with Crippen LogP contribution < -0.4 is 0 Å². The summed E-state index contributed by atoms with van der Waals surface area (Å²) >= 11 is 1.68. The molecule has 0 spiro atoms. The molecular weight excluding hydrogens is 278 g/mol. The summed E-state index contributed by atoms with van der Waals surface area (Å²) in [5.41, 5.74) is 2.58. The van der Waals surface area contributed by atoms with Crippen molar-refractivity contribution < 1.29 is 5.11 Å². The van der Waals surface area contributed by atoms with Gasteiger partial charge in [-0.1, -0.05) is 51.1 Å². The van der Waals surface area contributed by atoms with Gasteiger partial charge in [-0.3, -0.25) is 0 Å². The molecule has 1 N–H and O–H groups in total. The van der Waals surface area contributed by atoms with E-state index >= 15 is 0 Å². The van der Waals surface area contributed by atoms with Crippen molar-refractivity contribution in [2.45, 2.75) is 51.0 Å². The Hall–Kier alpha value is -1.19. The van der Waals surface area contributed by atoms with Crippen LogP contribution in [0.25, 0.3) is 0 Å². The molecule has 3 heteroatoms. The molecule has 3 rings (SSSR count). The third-order valence-electron chi connectivity index (χ3n) is 4.27. The third kappa shape index (κ3) is 3.35. The molecule has 3 unspecified atom stereocenters. The van der Waals surface area contributed by atoms with Crippen LogP contribution in [0.5, 0.6) is 0 Å². The fourth-order valence-electron chi connectivity index (χ4n) is 2.80. The molecule has 1 saturated carbocycles. The Labute approximate surface area is 130 Å².